The highest BCUT2D eigenvalue weighted by atomic mass is 32.1. The monoisotopic (exact) mass is 1040 g/mol. The van der Waals surface area contributed by atoms with Crippen LogP contribution in [-0.2, 0) is 60.5 Å². The Hall–Kier alpha value is -4.95. The number of pyridine rings is 1. The van der Waals surface area contributed by atoms with Gasteiger partial charge in [-0.25, -0.2) is 19.2 Å². The minimum absolute atomic E-state index is 0.0383. The fraction of sp³-hybridized carbons (Fsp3) is 0.611. The van der Waals surface area contributed by atoms with Crippen LogP contribution < -0.4 is 10.7 Å². The smallest absolute Gasteiger partial charge is 0.325 e. The molecule has 11 rings (SSSR count). The number of ether oxygens (including phenoxy) is 7. The van der Waals surface area contributed by atoms with Gasteiger partial charge in [0.1, 0.15) is 35.9 Å². The van der Waals surface area contributed by atoms with Gasteiger partial charge in [-0.2, -0.15) is 0 Å². The lowest BCUT2D eigenvalue weighted by Crippen LogP contribution is -2.72. The van der Waals surface area contributed by atoms with Crippen molar-refractivity contribution in [1.29, 1.82) is 0 Å². The zero-order valence-electron chi connectivity index (χ0n) is 42.7. The van der Waals surface area contributed by atoms with E-state index in [1.165, 1.54) is 5.01 Å². The fourth-order valence-electron chi connectivity index (χ4n) is 10.9. The van der Waals surface area contributed by atoms with Gasteiger partial charge in [0.25, 0.3) is 12.3 Å². The standard InChI is InChI=1S/C54H67F2N7O10S/c1-31-27-71-48(31)50(64)59-46-49(72-28-43(55)56)51-58-41(29-74-51)34-8-9-42-38(24-34)40(25-54(3,4)30-73-53(66)45-35-22-36(23-35)63(60-45)52(46)65)47(62(42)15-20-70-37-10-16-68-17-11-37)39-21-33(26-57-44(39)32(2)67-5)7-6-12-61-13-18-69-19-14-61/h8-9,21,24,26,29,31-32,35-37,43,45-46,48-49,60H,10-20,22-23,25,27-28,30H2,1-5H3,(H,59,64)/t31-,32-,35?,36?,45-,46-,48-,49?/m0/s1. The molecular formula is C54H67F2N7O10S. The Morgan fingerprint density at radius 1 is 1.08 bits per heavy atom. The van der Waals surface area contributed by atoms with Gasteiger partial charge in [0.2, 0.25) is 5.91 Å². The number of amides is 2. The summed E-state index contributed by atoms with van der Waals surface area (Å²) in [6.45, 7) is 13.1. The number of hydrogen-bond donors (Lipinski definition) is 2. The van der Waals surface area contributed by atoms with Crippen molar-refractivity contribution in [2.24, 2.45) is 17.3 Å². The Bertz CT molecular complexity index is 2740. The summed E-state index contributed by atoms with van der Waals surface area (Å²) in [6, 6.07) is 5.49. The van der Waals surface area contributed by atoms with Crippen molar-refractivity contribution in [3.63, 3.8) is 0 Å². The van der Waals surface area contributed by atoms with Crippen LogP contribution in [0.5, 0.6) is 0 Å². The van der Waals surface area contributed by atoms with Gasteiger partial charge in [0.05, 0.1) is 68.9 Å². The highest BCUT2D eigenvalue weighted by Crippen LogP contribution is 2.44. The Kier molecular flexibility index (Phi) is 16.1. The fourth-order valence-corrected chi connectivity index (χ4v) is 11.8. The molecule has 4 aromatic rings. The number of rotatable bonds is 13. The predicted octanol–water partition coefficient (Wildman–Crippen LogP) is 5.88. The number of fused-ring (bicyclic) bond motifs is 4. The van der Waals surface area contributed by atoms with Crippen molar-refractivity contribution in [3.8, 4) is 34.4 Å². The minimum atomic E-state index is -2.89. The number of esters is 1. The molecule has 20 heteroatoms. The first-order valence-electron chi connectivity index (χ1n) is 25.9. The van der Waals surface area contributed by atoms with Crippen LogP contribution in [0.4, 0.5) is 8.78 Å². The molecule has 2 N–H and O–H groups in total. The van der Waals surface area contributed by atoms with Gasteiger partial charge in [-0.05, 0) is 68.7 Å². The van der Waals surface area contributed by atoms with Crippen LogP contribution in [0.15, 0.2) is 35.8 Å². The highest BCUT2D eigenvalue weighted by Gasteiger charge is 2.53. The molecule has 6 atom stereocenters. The van der Waals surface area contributed by atoms with Crippen LogP contribution in [0.2, 0.25) is 0 Å². The number of methoxy groups -OCH3 is 1. The van der Waals surface area contributed by atoms with Crippen molar-refractivity contribution in [1.82, 2.24) is 35.2 Å². The average molecular weight is 1040 g/mol. The van der Waals surface area contributed by atoms with E-state index in [0.717, 1.165) is 81.8 Å². The Morgan fingerprint density at radius 3 is 2.59 bits per heavy atom. The normalized spacial score (nSPS) is 26.9. The second kappa shape index (κ2) is 22.7. The molecule has 6 fully saturated rings. The average Bonchev–Trinajstić information content (AvgIpc) is 3.99. The quantitative estimate of drug-likeness (QED) is 0.120. The van der Waals surface area contributed by atoms with E-state index in [9.17, 15) is 23.2 Å². The maximum absolute atomic E-state index is 14.9. The van der Waals surface area contributed by atoms with E-state index in [1.807, 2.05) is 25.3 Å². The van der Waals surface area contributed by atoms with E-state index in [4.69, 9.17) is 43.1 Å². The molecule has 1 unspecified atom stereocenters. The molecular weight excluding hydrogens is 977 g/mol. The maximum Gasteiger partial charge on any atom is 0.325 e. The van der Waals surface area contributed by atoms with Crippen molar-refractivity contribution >= 4 is 40.0 Å². The zero-order chi connectivity index (χ0) is 51.7. The number of nitrogens with zero attached hydrogens (tertiary/aromatic N) is 5. The summed E-state index contributed by atoms with van der Waals surface area (Å²) < 4.78 is 72.2. The third kappa shape index (κ3) is 11.3. The summed E-state index contributed by atoms with van der Waals surface area (Å²) in [5.74, 6) is 4.79. The van der Waals surface area contributed by atoms with Crippen molar-refractivity contribution in [2.45, 2.75) is 115 Å². The van der Waals surface area contributed by atoms with Gasteiger partial charge in [0, 0.05) is 96.5 Å². The Labute approximate surface area is 434 Å². The van der Waals surface area contributed by atoms with E-state index < -0.39 is 66.6 Å². The number of alkyl halides is 2. The number of morpholine rings is 1. The van der Waals surface area contributed by atoms with Gasteiger partial charge in [-0.3, -0.25) is 29.3 Å². The molecule has 8 bridgehead atoms. The van der Waals surface area contributed by atoms with Crippen molar-refractivity contribution < 1.29 is 56.3 Å². The molecule has 3 aromatic heterocycles. The van der Waals surface area contributed by atoms with Gasteiger partial charge < -0.3 is 43.0 Å². The zero-order valence-corrected chi connectivity index (χ0v) is 43.6. The summed E-state index contributed by atoms with van der Waals surface area (Å²) in [6.07, 6.45) is -0.656. The SMILES string of the molecule is CO[C@@H](C)c1ncc(C#CCN2CCOCC2)cc1-c1c2c3cc(ccc3n1CCOC1CCOCC1)-c1csc(n1)C(OCC(F)F)[C@H](NC(=O)[C@H]1OC[C@@H]1C)C(=O)N1N[C@H](C(=O)OCC(C)(C)C2)C2CC1C2. The van der Waals surface area contributed by atoms with E-state index in [1.54, 1.807) is 13.3 Å². The van der Waals surface area contributed by atoms with Crippen LogP contribution in [0.3, 0.4) is 0 Å². The summed E-state index contributed by atoms with van der Waals surface area (Å²) in [7, 11) is 1.66. The number of cyclic esters (lactones) is 1. The topological polar surface area (TPSA) is 177 Å². The van der Waals surface area contributed by atoms with Crippen LogP contribution in [0, 0.1) is 29.1 Å². The van der Waals surface area contributed by atoms with Crippen LogP contribution in [0.1, 0.15) is 87.4 Å². The number of nitrogens with one attached hydrogen (secondary N) is 2. The highest BCUT2D eigenvalue weighted by molar-refractivity contribution is 7.10. The van der Waals surface area contributed by atoms with Crippen molar-refractivity contribution in [2.75, 3.05) is 79.6 Å². The number of aromatic nitrogens is 3. The van der Waals surface area contributed by atoms with Gasteiger partial charge in [0.15, 0.2) is 0 Å². The molecule has 5 saturated heterocycles. The van der Waals surface area contributed by atoms with E-state index in [-0.39, 0.29) is 35.6 Å². The number of benzene rings is 1. The lowest BCUT2D eigenvalue weighted by molar-refractivity contribution is -0.175. The largest absolute Gasteiger partial charge is 0.464 e. The molecule has 1 saturated carbocycles. The molecule has 0 radical (unpaired) electrons. The Balaban J connectivity index is 1.13. The lowest BCUT2D eigenvalue weighted by Gasteiger charge is -2.53. The molecule has 9 heterocycles. The summed E-state index contributed by atoms with van der Waals surface area (Å²) >= 11 is 1.15. The van der Waals surface area contributed by atoms with Crippen molar-refractivity contribution in [3.05, 3.63) is 57.7 Å². The van der Waals surface area contributed by atoms with Gasteiger partial charge in [-0.1, -0.05) is 38.7 Å². The van der Waals surface area contributed by atoms with E-state index in [0.29, 0.717) is 77.7 Å². The molecule has 398 valence electrons. The van der Waals surface area contributed by atoms with Crippen LogP contribution in [0.25, 0.3) is 33.4 Å². The summed E-state index contributed by atoms with van der Waals surface area (Å²) in [5.41, 5.74) is 8.83. The first-order chi connectivity index (χ1) is 35.7. The minimum Gasteiger partial charge on any atom is -0.464 e. The molecule has 1 aromatic carbocycles. The molecule has 7 aliphatic rings. The van der Waals surface area contributed by atoms with Gasteiger partial charge in [-0.15, -0.1) is 11.3 Å². The summed E-state index contributed by atoms with van der Waals surface area (Å²) in [4.78, 5) is 55.5. The second-order valence-corrected chi connectivity index (χ2v) is 22.1. The number of thiazole rings is 1. The molecule has 0 spiro atoms. The second-order valence-electron chi connectivity index (χ2n) is 21.2. The third-order valence-electron chi connectivity index (χ3n) is 15.2. The number of carbonyl (C=O) groups excluding carboxylic acids is 3. The van der Waals surface area contributed by atoms with E-state index in [2.05, 4.69) is 64.1 Å². The number of hydrazine groups is 1. The first-order valence-corrected chi connectivity index (χ1v) is 26.8. The van der Waals surface area contributed by atoms with Gasteiger partial charge >= 0.3 is 5.97 Å². The molecule has 17 nitrogen and oxygen atoms in total. The van der Waals surface area contributed by atoms with E-state index >= 15 is 0 Å². The molecule has 74 heavy (non-hydrogen) atoms. The third-order valence-corrected chi connectivity index (χ3v) is 16.1. The van der Waals surface area contributed by atoms with Crippen LogP contribution >= 0.6 is 11.3 Å². The predicted molar refractivity (Wildman–Crippen MR) is 270 cm³/mol. The molecule has 6 aliphatic heterocycles. The maximum atomic E-state index is 14.9. The number of carbonyl (C=O) groups is 3. The Morgan fingerprint density at radius 2 is 1.86 bits per heavy atom. The van der Waals surface area contributed by atoms with Crippen LogP contribution in [-0.4, -0.2) is 159 Å². The summed E-state index contributed by atoms with van der Waals surface area (Å²) in [5, 5.41) is 7.11. The molecule has 1 aliphatic carbocycles. The number of hydrogen-bond acceptors (Lipinski definition) is 15. The number of halogens is 2. The first kappa shape index (κ1) is 52.5. The molecule has 2 amide bonds. The lowest BCUT2D eigenvalue weighted by atomic mass is 9.73.